The Hall–Kier alpha value is -1.10. The molecule has 2 amide bonds. The summed E-state index contributed by atoms with van der Waals surface area (Å²) in [5.74, 6) is 0.437. The van der Waals surface area contributed by atoms with Crippen molar-refractivity contribution in [1.82, 2.24) is 10.2 Å². The maximum absolute atomic E-state index is 12.9. The largest absolute Gasteiger partial charge is 0.376 e. The molecule has 1 N–H and O–H groups in total. The Labute approximate surface area is 126 Å². The Morgan fingerprint density at radius 2 is 2.05 bits per heavy atom. The van der Waals surface area contributed by atoms with E-state index >= 15 is 0 Å². The number of amides is 2. The summed E-state index contributed by atoms with van der Waals surface area (Å²) in [5.41, 5.74) is -0.753. The monoisotopic (exact) mass is 294 g/mol. The highest BCUT2D eigenvalue weighted by atomic mass is 16.5. The van der Waals surface area contributed by atoms with Crippen LogP contribution in [-0.2, 0) is 14.3 Å². The number of rotatable bonds is 4. The molecule has 1 aliphatic carbocycles. The van der Waals surface area contributed by atoms with E-state index < -0.39 is 5.54 Å². The highest BCUT2D eigenvalue weighted by Gasteiger charge is 2.52. The first-order chi connectivity index (χ1) is 10.0. The minimum absolute atomic E-state index is 0.0252. The van der Waals surface area contributed by atoms with Crippen LogP contribution in [0, 0.1) is 5.92 Å². The predicted molar refractivity (Wildman–Crippen MR) is 78.7 cm³/mol. The molecule has 3 atom stereocenters. The van der Waals surface area contributed by atoms with Crippen LogP contribution in [-0.4, -0.2) is 47.6 Å². The van der Waals surface area contributed by atoms with Gasteiger partial charge in [0.05, 0.1) is 6.10 Å². The zero-order valence-corrected chi connectivity index (χ0v) is 13.1. The molecule has 21 heavy (non-hydrogen) atoms. The van der Waals surface area contributed by atoms with Gasteiger partial charge in [-0.15, -0.1) is 0 Å². The van der Waals surface area contributed by atoms with E-state index in [1.165, 1.54) is 0 Å². The third kappa shape index (κ3) is 2.80. The van der Waals surface area contributed by atoms with Crippen LogP contribution in [0.5, 0.6) is 0 Å². The quantitative estimate of drug-likeness (QED) is 0.854. The molecule has 0 aromatic rings. The molecule has 3 fully saturated rings. The van der Waals surface area contributed by atoms with E-state index in [1.54, 1.807) is 0 Å². The molecule has 5 heteroatoms. The molecule has 1 saturated carbocycles. The van der Waals surface area contributed by atoms with Gasteiger partial charge in [0, 0.05) is 13.2 Å². The first-order valence-electron chi connectivity index (χ1n) is 8.30. The Bertz CT molecular complexity index is 429. The lowest BCUT2D eigenvalue weighted by atomic mass is 9.90. The second-order valence-electron chi connectivity index (χ2n) is 6.90. The van der Waals surface area contributed by atoms with Gasteiger partial charge in [0.25, 0.3) is 0 Å². The van der Waals surface area contributed by atoms with Gasteiger partial charge in [-0.2, -0.15) is 0 Å². The highest BCUT2D eigenvalue weighted by molar-refractivity contribution is 5.99. The molecule has 0 aromatic carbocycles. The maximum Gasteiger partial charge on any atom is 0.248 e. The van der Waals surface area contributed by atoms with Gasteiger partial charge >= 0.3 is 0 Å². The molecule has 3 aliphatic rings. The van der Waals surface area contributed by atoms with E-state index in [0.29, 0.717) is 18.9 Å². The van der Waals surface area contributed by atoms with Crippen molar-refractivity contribution < 1.29 is 14.3 Å². The van der Waals surface area contributed by atoms with E-state index in [9.17, 15) is 9.59 Å². The average Bonchev–Trinajstić information content (AvgIpc) is 3.30. The molecule has 0 spiro atoms. The third-order valence-electron chi connectivity index (χ3n) is 5.19. The summed E-state index contributed by atoms with van der Waals surface area (Å²) in [7, 11) is 0. The van der Waals surface area contributed by atoms with Gasteiger partial charge in [0.2, 0.25) is 11.8 Å². The highest BCUT2D eigenvalue weighted by Crippen LogP contribution is 2.39. The van der Waals surface area contributed by atoms with Crippen molar-refractivity contribution in [2.75, 3.05) is 13.2 Å². The molecule has 2 aliphatic heterocycles. The van der Waals surface area contributed by atoms with E-state index in [-0.39, 0.29) is 24.0 Å². The topological polar surface area (TPSA) is 58.6 Å². The fraction of sp³-hybridized carbons (Fsp3) is 0.875. The van der Waals surface area contributed by atoms with Crippen LogP contribution >= 0.6 is 0 Å². The minimum atomic E-state index is -0.753. The van der Waals surface area contributed by atoms with Gasteiger partial charge in [0.1, 0.15) is 11.6 Å². The number of piperazine rings is 1. The van der Waals surface area contributed by atoms with Crippen molar-refractivity contribution in [3.8, 4) is 0 Å². The molecule has 5 nitrogen and oxygen atoms in total. The molecular formula is C16H26N2O3. The first kappa shape index (κ1) is 14.8. The Morgan fingerprint density at radius 3 is 2.62 bits per heavy atom. The lowest BCUT2D eigenvalue weighted by molar-refractivity contribution is -0.158. The van der Waals surface area contributed by atoms with Gasteiger partial charge < -0.3 is 15.0 Å². The normalized spacial score (nSPS) is 37.5. The second-order valence-corrected chi connectivity index (χ2v) is 6.90. The van der Waals surface area contributed by atoms with Crippen molar-refractivity contribution in [1.29, 1.82) is 0 Å². The van der Waals surface area contributed by atoms with Crippen molar-refractivity contribution in [3.05, 3.63) is 0 Å². The zero-order chi connectivity index (χ0) is 15.0. The van der Waals surface area contributed by atoms with Gasteiger partial charge in [0.15, 0.2) is 0 Å². The summed E-state index contributed by atoms with van der Waals surface area (Å²) < 4.78 is 5.79. The van der Waals surface area contributed by atoms with Crippen LogP contribution < -0.4 is 5.32 Å². The Morgan fingerprint density at radius 1 is 1.29 bits per heavy atom. The fourth-order valence-corrected chi connectivity index (χ4v) is 3.47. The van der Waals surface area contributed by atoms with E-state index in [1.807, 2.05) is 18.7 Å². The summed E-state index contributed by atoms with van der Waals surface area (Å²) in [6, 6.07) is -0.275. The van der Waals surface area contributed by atoms with E-state index in [4.69, 9.17) is 4.74 Å². The fourth-order valence-electron chi connectivity index (χ4n) is 3.47. The summed E-state index contributed by atoms with van der Waals surface area (Å²) in [4.78, 5) is 27.2. The van der Waals surface area contributed by atoms with Gasteiger partial charge in [-0.1, -0.05) is 6.92 Å². The lowest BCUT2D eigenvalue weighted by Crippen LogP contribution is -2.70. The number of hydrogen-bond acceptors (Lipinski definition) is 3. The maximum atomic E-state index is 12.9. The standard InChI is InChI=1S/C16H26N2O3/c1-3-16(2)15(20)18(10-12-6-4-5-9-21-12)13(11-7-8-11)14(19)17-16/h11-13H,3-10H2,1-2H3,(H,17,19). The molecule has 0 bridgehead atoms. The molecule has 0 aromatic heterocycles. The van der Waals surface area contributed by atoms with Crippen LogP contribution in [0.3, 0.4) is 0 Å². The summed E-state index contributed by atoms with van der Waals surface area (Å²) in [6.07, 6.45) is 6.06. The molecule has 118 valence electrons. The summed E-state index contributed by atoms with van der Waals surface area (Å²) in [6.45, 7) is 5.14. The number of hydrogen-bond donors (Lipinski definition) is 1. The smallest absolute Gasteiger partial charge is 0.248 e. The second kappa shape index (κ2) is 5.59. The molecule has 2 heterocycles. The van der Waals surface area contributed by atoms with E-state index in [2.05, 4.69) is 5.32 Å². The summed E-state index contributed by atoms with van der Waals surface area (Å²) in [5, 5.41) is 2.96. The van der Waals surface area contributed by atoms with Crippen LogP contribution in [0.1, 0.15) is 52.4 Å². The van der Waals surface area contributed by atoms with Gasteiger partial charge in [-0.25, -0.2) is 0 Å². The Balaban J connectivity index is 1.79. The molecule has 2 saturated heterocycles. The number of nitrogens with zero attached hydrogens (tertiary/aromatic N) is 1. The van der Waals surface area contributed by atoms with Crippen LogP contribution in [0.15, 0.2) is 0 Å². The average molecular weight is 294 g/mol. The molecule has 3 rings (SSSR count). The van der Waals surface area contributed by atoms with Crippen LogP contribution in [0.25, 0.3) is 0 Å². The number of carbonyl (C=O) groups is 2. The van der Waals surface area contributed by atoms with Crippen molar-refractivity contribution in [2.45, 2.75) is 70.1 Å². The number of nitrogens with one attached hydrogen (secondary N) is 1. The number of carbonyl (C=O) groups excluding carboxylic acids is 2. The first-order valence-corrected chi connectivity index (χ1v) is 8.30. The van der Waals surface area contributed by atoms with Gasteiger partial charge in [-0.3, -0.25) is 9.59 Å². The molecule has 0 radical (unpaired) electrons. The molecule has 3 unspecified atom stereocenters. The summed E-state index contributed by atoms with van der Waals surface area (Å²) >= 11 is 0. The van der Waals surface area contributed by atoms with Crippen molar-refractivity contribution >= 4 is 11.8 Å². The SMILES string of the molecule is CCC1(C)NC(=O)C(C2CC2)N(CC2CCCCO2)C1=O. The lowest BCUT2D eigenvalue weighted by Gasteiger charge is -2.45. The zero-order valence-electron chi connectivity index (χ0n) is 13.1. The van der Waals surface area contributed by atoms with Crippen molar-refractivity contribution in [2.24, 2.45) is 5.92 Å². The number of ether oxygens (including phenoxy) is 1. The van der Waals surface area contributed by atoms with Crippen LogP contribution in [0.2, 0.25) is 0 Å². The van der Waals surface area contributed by atoms with E-state index in [0.717, 1.165) is 38.7 Å². The van der Waals surface area contributed by atoms with Gasteiger partial charge in [-0.05, 0) is 51.4 Å². The predicted octanol–water partition coefficient (Wildman–Crippen LogP) is 1.46. The Kier molecular flexibility index (Phi) is 3.95. The minimum Gasteiger partial charge on any atom is -0.376 e. The third-order valence-corrected chi connectivity index (χ3v) is 5.19. The molecular weight excluding hydrogens is 268 g/mol. The van der Waals surface area contributed by atoms with Crippen molar-refractivity contribution in [3.63, 3.8) is 0 Å². The van der Waals surface area contributed by atoms with Crippen LogP contribution in [0.4, 0.5) is 0 Å².